The van der Waals surface area contributed by atoms with Crippen LogP contribution in [0.4, 0.5) is 0 Å². The van der Waals surface area contributed by atoms with Gasteiger partial charge in [-0.1, -0.05) is 0 Å². The third kappa shape index (κ3) is 5.45. The van der Waals surface area contributed by atoms with Gasteiger partial charge in [-0.2, -0.15) is 0 Å². The van der Waals surface area contributed by atoms with Gasteiger partial charge in [0.05, 0.1) is 33.0 Å². The molecule has 11 unspecified atom stereocenters. The predicted octanol–water partition coefficient (Wildman–Crippen LogP) is -3.03. The highest BCUT2D eigenvalue weighted by atomic mass is 31.2. The molecule has 0 amide bonds. The van der Waals surface area contributed by atoms with Gasteiger partial charge in [0.15, 0.2) is 0 Å². The zero-order chi connectivity index (χ0) is 29.3. The average Bonchev–Trinajstić information content (AvgIpc) is 3.60. The molecule has 4 bridgehead atoms. The van der Waals surface area contributed by atoms with Gasteiger partial charge in [-0.05, 0) is 6.92 Å². The molecule has 4 N–H and O–H groups in total. The van der Waals surface area contributed by atoms with Crippen molar-refractivity contribution in [3.05, 3.63) is 0 Å². The van der Waals surface area contributed by atoms with Crippen molar-refractivity contribution < 1.29 is 75.6 Å². The van der Waals surface area contributed by atoms with Crippen LogP contribution in [0.25, 0.3) is 0 Å². The van der Waals surface area contributed by atoms with Gasteiger partial charge in [-0.25, -0.2) is 9.13 Å². The Morgan fingerprint density at radius 2 is 1.35 bits per heavy atom. The summed E-state index contributed by atoms with van der Waals surface area (Å²) >= 11 is 0. The minimum absolute atomic E-state index is 0.120. The molecule has 21 heteroatoms. The molecule has 0 spiro atoms. The molecule has 220 valence electrons. The maximum atomic E-state index is 12.9. The van der Waals surface area contributed by atoms with E-state index >= 15 is 0 Å². The van der Waals surface area contributed by atoms with Gasteiger partial charge < -0.3 is 48.4 Å². The van der Waals surface area contributed by atoms with Crippen molar-refractivity contribution in [2.24, 2.45) is 0 Å². The maximum absolute atomic E-state index is 12.9. The van der Waals surface area contributed by atoms with E-state index in [0.717, 1.165) is 0 Å². The van der Waals surface area contributed by atoms with Crippen molar-refractivity contribution in [3.8, 4) is 0 Å². The highest BCUT2D eigenvalue weighted by Crippen LogP contribution is 2.56. The Bertz CT molecular complexity index is 1060. The molecule has 5 heterocycles. The van der Waals surface area contributed by atoms with Gasteiger partial charge in [0.2, 0.25) is 0 Å². The molecule has 0 aromatic rings. The number of aliphatic hydroxyl groups is 2. The number of phosphoric ester groups is 2. The third-order valence-electron chi connectivity index (χ3n) is 7.75. The topological polar surface area (TPSA) is 207 Å². The number of rotatable bonds is 12. The van der Waals surface area contributed by atoms with Crippen LogP contribution in [0.2, 0.25) is 0 Å². The first-order valence-corrected chi connectivity index (χ1v) is 15.3. The van der Waals surface area contributed by atoms with Gasteiger partial charge in [0.25, 0.3) is 0 Å². The molecule has 0 saturated carbocycles. The molecule has 6 radical (unpaired) electrons. The molecule has 0 aromatic carbocycles. The number of hydrogen-bond acceptors (Lipinski definition) is 14. The van der Waals surface area contributed by atoms with E-state index in [2.05, 4.69) is 0 Å². The summed E-state index contributed by atoms with van der Waals surface area (Å²) in [5, 5.41) is 20.2. The van der Waals surface area contributed by atoms with Crippen molar-refractivity contribution in [1.82, 2.24) is 0 Å². The number of phosphoric acid groups is 2. The van der Waals surface area contributed by atoms with E-state index in [1.807, 2.05) is 0 Å². The Morgan fingerprint density at radius 1 is 0.850 bits per heavy atom. The molecule has 0 aliphatic carbocycles. The number of fused-ring (bicyclic) bond motifs is 4. The SMILES string of the molecule is [B]C1O[C@]2(CO)COC1C2OP(=O)(O)OC[C@]12COC(C([B])O1)C2OP(=O)(O)OC[C@@]1(C)OC([B])C(OC)C1O. The van der Waals surface area contributed by atoms with Crippen LogP contribution in [0, 0.1) is 0 Å². The quantitative estimate of drug-likeness (QED) is 0.128. The van der Waals surface area contributed by atoms with Crippen LogP contribution in [0.1, 0.15) is 6.92 Å². The zero-order valence-corrected chi connectivity index (χ0v) is 23.3. The number of methoxy groups -OCH3 is 1. The van der Waals surface area contributed by atoms with E-state index in [1.54, 1.807) is 0 Å². The van der Waals surface area contributed by atoms with Crippen molar-refractivity contribution in [2.45, 2.75) is 78.4 Å². The molecule has 5 saturated heterocycles. The predicted molar refractivity (Wildman–Crippen MR) is 130 cm³/mol. The summed E-state index contributed by atoms with van der Waals surface area (Å²) in [6, 6.07) is -3.17. The van der Waals surface area contributed by atoms with Crippen LogP contribution in [0.5, 0.6) is 0 Å². The molecule has 16 nitrogen and oxygen atoms in total. The molecule has 5 rings (SSSR count). The summed E-state index contributed by atoms with van der Waals surface area (Å²) < 4.78 is 79.3. The van der Waals surface area contributed by atoms with Gasteiger partial charge in [-0.3, -0.25) is 18.1 Å². The van der Waals surface area contributed by atoms with Gasteiger partial charge in [0, 0.05) is 25.1 Å². The molecule has 5 fully saturated rings. The summed E-state index contributed by atoms with van der Waals surface area (Å²) in [6.45, 7) is -0.941. The fraction of sp³-hybridized carbons (Fsp3) is 1.00. The van der Waals surface area contributed by atoms with Crippen LogP contribution < -0.4 is 0 Å². The van der Waals surface area contributed by atoms with E-state index < -0.39 is 107 Å². The van der Waals surface area contributed by atoms with Crippen molar-refractivity contribution >= 4 is 39.2 Å². The lowest BCUT2D eigenvalue weighted by atomic mass is 9.90. The lowest BCUT2D eigenvalue weighted by molar-refractivity contribution is -0.141. The van der Waals surface area contributed by atoms with E-state index in [-0.39, 0.29) is 13.2 Å². The van der Waals surface area contributed by atoms with Crippen molar-refractivity contribution in [1.29, 1.82) is 0 Å². The Morgan fingerprint density at radius 3 is 1.85 bits per heavy atom. The Labute approximate surface area is 233 Å². The fourth-order valence-electron chi connectivity index (χ4n) is 5.57. The molecular formula is C19H29B3O16P2. The van der Waals surface area contributed by atoms with Crippen LogP contribution >= 0.6 is 15.6 Å². The first-order valence-electron chi connectivity index (χ1n) is 12.3. The van der Waals surface area contributed by atoms with Crippen molar-refractivity contribution in [3.63, 3.8) is 0 Å². The highest BCUT2D eigenvalue weighted by Gasteiger charge is 2.65. The Balaban J connectivity index is 1.23. The maximum Gasteiger partial charge on any atom is 0.472 e. The zero-order valence-electron chi connectivity index (χ0n) is 21.5. The Kier molecular flexibility index (Phi) is 8.60. The normalized spacial score (nSPS) is 50.8. The molecular weight excluding hydrogens is 579 g/mol. The lowest BCUT2D eigenvalue weighted by Crippen LogP contribution is -2.47. The largest absolute Gasteiger partial charge is 0.472 e. The van der Waals surface area contributed by atoms with Crippen LogP contribution in [-0.4, -0.2) is 155 Å². The number of hydrogen-bond donors (Lipinski definition) is 4. The van der Waals surface area contributed by atoms with Gasteiger partial charge in [-0.15, -0.1) is 0 Å². The Hall–Kier alpha value is 0.0948. The minimum atomic E-state index is -4.91. The average molecular weight is 608 g/mol. The van der Waals surface area contributed by atoms with Crippen LogP contribution in [0.3, 0.4) is 0 Å². The second kappa shape index (κ2) is 10.9. The second-order valence-electron chi connectivity index (χ2n) is 10.6. The summed E-state index contributed by atoms with van der Waals surface area (Å²) in [4.78, 5) is 20.9. The van der Waals surface area contributed by atoms with E-state index in [1.165, 1.54) is 14.0 Å². The lowest BCUT2D eigenvalue weighted by Gasteiger charge is -2.33. The first kappa shape index (κ1) is 31.5. The molecule has 5 aliphatic rings. The third-order valence-corrected chi connectivity index (χ3v) is 9.65. The van der Waals surface area contributed by atoms with Gasteiger partial charge >= 0.3 is 15.6 Å². The fourth-order valence-corrected chi connectivity index (χ4v) is 7.69. The van der Waals surface area contributed by atoms with Crippen molar-refractivity contribution in [2.75, 3.05) is 40.1 Å². The summed E-state index contributed by atoms with van der Waals surface area (Å²) in [6.07, 6.45) is -6.81. The second-order valence-corrected chi connectivity index (χ2v) is 13.4. The molecule has 5 aliphatic heterocycles. The standard InChI is InChI=1S/C19H29B3O16P2/c1-17(11(24)8(29-2)14(20)34-17)4-32-39(25,26)38-13-10-16(22)36-19(13,6-31-10)7-33-40(27,28)37-12-9-15(21)35-18(12,3-23)5-30-9/h8-16,23-24H,3-7H2,1-2H3,(H,25,26)(H,27,28)/t8?,9?,10?,11?,12?,13?,14?,15?,16?,17-,18-,19+/m1/s1. The smallest absolute Gasteiger partial charge is 0.393 e. The van der Waals surface area contributed by atoms with Gasteiger partial charge in [0.1, 0.15) is 77.0 Å². The number of aliphatic hydroxyl groups excluding tert-OH is 2. The van der Waals surface area contributed by atoms with E-state index in [9.17, 15) is 29.1 Å². The van der Waals surface area contributed by atoms with E-state index in [0.29, 0.717) is 0 Å². The first-order chi connectivity index (χ1) is 18.6. The highest BCUT2D eigenvalue weighted by molar-refractivity contribution is 7.47. The number of ether oxygens (including phenoxy) is 6. The summed E-state index contributed by atoms with van der Waals surface area (Å²) in [5.74, 6) is 0. The molecule has 14 atom stereocenters. The molecule has 0 aromatic heterocycles. The van der Waals surface area contributed by atoms with Crippen LogP contribution in [0.15, 0.2) is 0 Å². The summed E-state index contributed by atoms with van der Waals surface area (Å²) in [7, 11) is 9.02. The minimum Gasteiger partial charge on any atom is -0.393 e. The van der Waals surface area contributed by atoms with Crippen LogP contribution in [-0.2, 0) is 55.6 Å². The molecule has 40 heavy (non-hydrogen) atoms. The monoisotopic (exact) mass is 608 g/mol. The van der Waals surface area contributed by atoms with E-state index in [4.69, 9.17) is 70.1 Å². The summed E-state index contributed by atoms with van der Waals surface area (Å²) in [5.41, 5.74) is -4.68.